The molecule has 26 heavy (non-hydrogen) atoms. The van der Waals surface area contributed by atoms with Crippen LogP contribution in [0.2, 0.25) is 5.82 Å². The molecule has 0 aromatic carbocycles. The van der Waals surface area contributed by atoms with Crippen molar-refractivity contribution in [3.63, 3.8) is 0 Å². The van der Waals surface area contributed by atoms with Crippen molar-refractivity contribution in [2.24, 2.45) is 0 Å². The van der Waals surface area contributed by atoms with E-state index in [1.54, 1.807) is 0 Å². The van der Waals surface area contributed by atoms with Gasteiger partial charge in [0.15, 0.2) is 0 Å². The lowest BCUT2D eigenvalue weighted by atomic mass is 9.60. The van der Waals surface area contributed by atoms with Crippen molar-refractivity contribution < 1.29 is 4.42 Å². The highest BCUT2D eigenvalue weighted by Crippen LogP contribution is 2.31. The molecule has 0 spiro atoms. The van der Waals surface area contributed by atoms with E-state index in [9.17, 15) is 0 Å². The molecule has 2 aromatic rings. The zero-order valence-electron chi connectivity index (χ0n) is 16.2. The van der Waals surface area contributed by atoms with E-state index < -0.39 is 0 Å². The smallest absolute Gasteiger partial charge is 0.246 e. The topological polar surface area (TPSA) is 38.9 Å². The van der Waals surface area contributed by atoms with Crippen LogP contribution in [0.15, 0.2) is 16.5 Å². The summed E-state index contributed by atoms with van der Waals surface area (Å²) in [5.41, 5.74) is 2.94. The molecule has 2 aliphatic rings. The van der Waals surface area contributed by atoms with Crippen molar-refractivity contribution in [2.45, 2.75) is 102 Å². The average molecular weight is 352 g/mol. The van der Waals surface area contributed by atoms with Gasteiger partial charge < -0.3 is 4.42 Å². The lowest BCUT2D eigenvalue weighted by Gasteiger charge is -2.18. The summed E-state index contributed by atoms with van der Waals surface area (Å²) in [6.45, 7) is 0. The van der Waals surface area contributed by atoms with E-state index in [1.807, 2.05) is 0 Å². The maximum Gasteiger partial charge on any atom is 0.246 e. The summed E-state index contributed by atoms with van der Waals surface area (Å²) in [7, 11) is 0.995. The molecule has 2 aromatic heterocycles. The Balaban J connectivity index is 1.46. The highest BCUT2D eigenvalue weighted by atomic mass is 16.4. The molecule has 2 aliphatic carbocycles. The Morgan fingerprint density at radius 3 is 2.04 bits per heavy atom. The van der Waals surface area contributed by atoms with E-state index in [-0.39, 0.29) is 0 Å². The molecule has 4 heteroatoms. The van der Waals surface area contributed by atoms with Crippen LogP contribution in [-0.2, 0) is 0 Å². The second-order valence-corrected chi connectivity index (χ2v) is 8.63. The Morgan fingerprint density at radius 1 is 0.731 bits per heavy atom. The first-order valence-corrected chi connectivity index (χ1v) is 11.1. The number of pyridine rings is 1. The molecule has 0 saturated heterocycles. The van der Waals surface area contributed by atoms with Gasteiger partial charge in [-0.1, -0.05) is 82.9 Å². The molecule has 2 heterocycles. The number of aromatic nitrogens is 2. The second kappa shape index (κ2) is 9.06. The molecule has 2 fully saturated rings. The van der Waals surface area contributed by atoms with Gasteiger partial charge in [0.25, 0.3) is 0 Å². The Bertz CT molecular complexity index is 683. The minimum atomic E-state index is 0.610. The summed E-state index contributed by atoms with van der Waals surface area (Å²) in [4.78, 5) is 9.64. The van der Waals surface area contributed by atoms with E-state index in [0.29, 0.717) is 5.92 Å². The van der Waals surface area contributed by atoms with Gasteiger partial charge in [-0.05, 0) is 25.0 Å². The molecular formula is C22H33BN2O. The van der Waals surface area contributed by atoms with Gasteiger partial charge in [-0.2, -0.15) is 0 Å². The largest absolute Gasteiger partial charge is 0.433 e. The van der Waals surface area contributed by atoms with Crippen LogP contribution in [0.3, 0.4) is 0 Å². The molecule has 2 saturated carbocycles. The number of hydrogen-bond acceptors (Lipinski definition) is 3. The number of rotatable bonds is 3. The van der Waals surface area contributed by atoms with Crippen LogP contribution in [-0.4, -0.2) is 17.2 Å². The number of hydrogen-bond donors (Lipinski definition) is 0. The Morgan fingerprint density at radius 2 is 1.35 bits per heavy atom. The first-order valence-electron chi connectivity index (χ1n) is 11.1. The third kappa shape index (κ3) is 4.69. The van der Waals surface area contributed by atoms with Crippen molar-refractivity contribution >= 4 is 24.3 Å². The molecule has 4 rings (SSSR count). The van der Waals surface area contributed by atoms with Crippen molar-refractivity contribution in [2.75, 3.05) is 0 Å². The van der Waals surface area contributed by atoms with Crippen LogP contribution < -0.4 is 5.79 Å². The minimum absolute atomic E-state index is 0.610. The molecule has 3 nitrogen and oxygen atoms in total. The van der Waals surface area contributed by atoms with Crippen molar-refractivity contribution in [1.29, 1.82) is 0 Å². The van der Waals surface area contributed by atoms with Crippen molar-refractivity contribution in [3.8, 4) is 0 Å². The van der Waals surface area contributed by atoms with Crippen LogP contribution in [0.1, 0.15) is 102 Å². The molecule has 0 aliphatic heterocycles. The fraction of sp³-hybridized carbons (Fsp3) is 0.727. The number of nitrogens with zero attached hydrogens (tertiary/aromatic N) is 2. The molecule has 0 N–H and O–H groups in total. The second-order valence-electron chi connectivity index (χ2n) is 8.63. The van der Waals surface area contributed by atoms with Gasteiger partial charge in [0.2, 0.25) is 13.0 Å². The fourth-order valence-corrected chi connectivity index (χ4v) is 4.93. The first kappa shape index (κ1) is 18.1. The number of oxazole rings is 1. The van der Waals surface area contributed by atoms with Gasteiger partial charge in [0.05, 0.1) is 0 Å². The van der Waals surface area contributed by atoms with E-state index in [4.69, 9.17) is 14.4 Å². The first-order chi connectivity index (χ1) is 12.9. The Labute approximate surface area is 158 Å². The lowest BCUT2D eigenvalue weighted by Crippen LogP contribution is -2.21. The zero-order chi connectivity index (χ0) is 17.6. The van der Waals surface area contributed by atoms with Crippen molar-refractivity contribution in [3.05, 3.63) is 17.8 Å². The molecule has 0 amide bonds. The van der Waals surface area contributed by atoms with Crippen LogP contribution in [0, 0.1) is 0 Å². The van der Waals surface area contributed by atoms with Gasteiger partial charge in [0, 0.05) is 11.6 Å². The SMILES string of the molecule is B(c1nc2ccc(C3CCCCCCC3)nc2o1)C1CCCCCCC1. The molecule has 0 bridgehead atoms. The molecule has 140 valence electrons. The van der Waals surface area contributed by atoms with Crippen molar-refractivity contribution in [1.82, 2.24) is 9.97 Å². The number of fused-ring (bicyclic) bond motifs is 1. The minimum Gasteiger partial charge on any atom is -0.433 e. The van der Waals surface area contributed by atoms with Gasteiger partial charge in [-0.3, -0.25) is 0 Å². The lowest BCUT2D eigenvalue weighted by molar-refractivity contribution is 0.449. The highest BCUT2D eigenvalue weighted by molar-refractivity contribution is 6.52. The highest BCUT2D eigenvalue weighted by Gasteiger charge is 2.20. The molecule has 0 unspecified atom stereocenters. The Kier molecular flexibility index (Phi) is 6.29. The zero-order valence-corrected chi connectivity index (χ0v) is 16.2. The molecule has 0 atom stereocenters. The maximum atomic E-state index is 6.11. The normalized spacial score (nSPS) is 21.7. The molecule has 0 radical (unpaired) electrons. The maximum absolute atomic E-state index is 6.11. The van der Waals surface area contributed by atoms with E-state index in [1.165, 1.54) is 95.6 Å². The summed E-state index contributed by atoms with van der Waals surface area (Å²) in [6, 6.07) is 4.35. The third-order valence-electron chi connectivity index (χ3n) is 6.53. The van der Waals surface area contributed by atoms with Gasteiger partial charge in [-0.25, -0.2) is 9.97 Å². The Hall–Kier alpha value is -1.32. The van der Waals surface area contributed by atoms with Crippen LogP contribution in [0.5, 0.6) is 0 Å². The summed E-state index contributed by atoms with van der Waals surface area (Å²) < 4.78 is 6.11. The predicted molar refractivity (Wildman–Crippen MR) is 110 cm³/mol. The van der Waals surface area contributed by atoms with Crippen LogP contribution in [0.25, 0.3) is 11.2 Å². The average Bonchev–Trinajstić information content (AvgIpc) is 2.98. The van der Waals surface area contributed by atoms with E-state index in [2.05, 4.69) is 12.1 Å². The van der Waals surface area contributed by atoms with Crippen LogP contribution >= 0.6 is 0 Å². The molecular weight excluding hydrogens is 319 g/mol. The van der Waals surface area contributed by atoms with E-state index in [0.717, 1.165) is 30.1 Å². The summed E-state index contributed by atoms with van der Waals surface area (Å²) >= 11 is 0. The van der Waals surface area contributed by atoms with Gasteiger partial charge in [0.1, 0.15) is 11.3 Å². The van der Waals surface area contributed by atoms with Crippen LogP contribution in [0.4, 0.5) is 0 Å². The summed E-state index contributed by atoms with van der Waals surface area (Å²) in [5.74, 6) is 2.26. The summed E-state index contributed by atoms with van der Waals surface area (Å²) in [5, 5.41) is 0. The standard InChI is InChI=1S/C22H33BN2O/c1-3-7-11-17(12-8-4-1)19-15-16-20-21(24-19)26-22(25-20)23-18-13-9-5-2-6-10-14-18/h15-18,23H,1-14H2. The van der Waals surface area contributed by atoms with Gasteiger partial charge >= 0.3 is 0 Å². The predicted octanol–water partition coefficient (Wildman–Crippen LogP) is 5.65. The third-order valence-corrected chi connectivity index (χ3v) is 6.53. The quantitative estimate of drug-likeness (QED) is 0.671. The van der Waals surface area contributed by atoms with E-state index >= 15 is 0 Å². The van der Waals surface area contributed by atoms with Gasteiger partial charge in [-0.15, -0.1) is 0 Å². The summed E-state index contributed by atoms with van der Waals surface area (Å²) in [6.07, 6.45) is 19.0. The monoisotopic (exact) mass is 352 g/mol. The fourth-order valence-electron chi connectivity index (χ4n) is 4.93.